The van der Waals surface area contributed by atoms with Gasteiger partial charge in [0.1, 0.15) is 6.10 Å². The van der Waals surface area contributed by atoms with Gasteiger partial charge in [0, 0.05) is 57.6 Å². The summed E-state index contributed by atoms with van der Waals surface area (Å²) in [7, 11) is -7.44. The first kappa shape index (κ1) is 32.0. The Bertz CT molecular complexity index is 1570. The van der Waals surface area contributed by atoms with Crippen LogP contribution in [0.3, 0.4) is 0 Å². The summed E-state index contributed by atoms with van der Waals surface area (Å²) in [5, 5.41) is 0.668. The smallest absolute Gasteiger partial charge is 0.325 e. The number of thiazole rings is 1. The minimum atomic E-state index is -4.03. The van der Waals surface area contributed by atoms with Gasteiger partial charge in [0.15, 0.2) is 0 Å². The Hall–Kier alpha value is -2.41. The topological polar surface area (TPSA) is 146 Å². The van der Waals surface area contributed by atoms with Crippen molar-refractivity contribution in [3.05, 3.63) is 47.8 Å². The van der Waals surface area contributed by atoms with Crippen LogP contribution in [-0.4, -0.2) is 81.7 Å². The van der Waals surface area contributed by atoms with Crippen molar-refractivity contribution in [1.82, 2.24) is 19.3 Å². The number of benzene rings is 1. The highest BCUT2D eigenvalue weighted by Crippen LogP contribution is 2.36. The lowest BCUT2D eigenvalue weighted by molar-refractivity contribution is 0.170. The molecule has 1 aromatic carbocycles. The fraction of sp³-hybridized carbons (Fsp3) is 0.552. The SMILES string of the molecule is CCCc1cnc(N2CCC(Oc3nc4ccc(C5=CCN(S(=O)(=O)CCCCCP(=O)(O)O)CC5)cc4s3)CC2)nc1. The molecule has 1 fully saturated rings. The van der Waals surface area contributed by atoms with Gasteiger partial charge in [0.2, 0.25) is 16.0 Å². The summed E-state index contributed by atoms with van der Waals surface area (Å²) < 4.78 is 45.3. The van der Waals surface area contributed by atoms with E-state index in [-0.39, 0.29) is 18.0 Å². The van der Waals surface area contributed by atoms with Gasteiger partial charge in [0.25, 0.3) is 5.19 Å². The lowest BCUT2D eigenvalue weighted by Gasteiger charge is -2.31. The number of fused-ring (bicyclic) bond motifs is 1. The highest BCUT2D eigenvalue weighted by molar-refractivity contribution is 7.89. The molecule has 0 radical (unpaired) electrons. The summed E-state index contributed by atoms with van der Waals surface area (Å²) in [6.07, 6.45) is 11.3. The number of anilines is 1. The molecule has 0 atom stereocenters. The highest BCUT2D eigenvalue weighted by atomic mass is 32.2. The van der Waals surface area contributed by atoms with Crippen LogP contribution in [0.4, 0.5) is 5.95 Å². The molecule has 0 saturated carbocycles. The van der Waals surface area contributed by atoms with Crippen LogP contribution in [0.5, 0.6) is 5.19 Å². The molecule has 11 nitrogen and oxygen atoms in total. The van der Waals surface area contributed by atoms with Crippen LogP contribution in [0.2, 0.25) is 0 Å². The average Bonchev–Trinajstić information content (AvgIpc) is 3.39. The Morgan fingerprint density at radius 2 is 1.86 bits per heavy atom. The van der Waals surface area contributed by atoms with E-state index in [9.17, 15) is 13.0 Å². The van der Waals surface area contributed by atoms with E-state index in [2.05, 4.69) is 27.9 Å². The van der Waals surface area contributed by atoms with Crippen molar-refractivity contribution in [2.24, 2.45) is 0 Å². The third kappa shape index (κ3) is 8.83. The van der Waals surface area contributed by atoms with Crippen LogP contribution >= 0.6 is 18.9 Å². The van der Waals surface area contributed by atoms with Gasteiger partial charge in [-0.1, -0.05) is 43.2 Å². The normalized spacial score (nSPS) is 17.4. The lowest BCUT2D eigenvalue weighted by Crippen LogP contribution is -2.39. The van der Waals surface area contributed by atoms with E-state index >= 15 is 0 Å². The predicted octanol–water partition coefficient (Wildman–Crippen LogP) is 4.85. The molecule has 5 rings (SSSR count). The summed E-state index contributed by atoms with van der Waals surface area (Å²) in [4.78, 5) is 33.9. The van der Waals surface area contributed by atoms with Gasteiger partial charge in [-0.3, -0.25) is 4.57 Å². The maximum atomic E-state index is 12.8. The zero-order valence-electron chi connectivity index (χ0n) is 24.5. The summed E-state index contributed by atoms with van der Waals surface area (Å²) in [6, 6.07) is 6.14. The molecule has 0 spiro atoms. The van der Waals surface area contributed by atoms with E-state index < -0.39 is 17.6 Å². The van der Waals surface area contributed by atoms with Crippen molar-refractivity contribution >= 4 is 50.7 Å². The number of rotatable bonds is 13. The summed E-state index contributed by atoms with van der Waals surface area (Å²) in [5.41, 5.74) is 4.24. The van der Waals surface area contributed by atoms with Crippen molar-refractivity contribution in [2.45, 2.75) is 64.4 Å². The molecule has 2 aliphatic rings. The molecule has 0 aliphatic carbocycles. The molecular weight excluding hydrogens is 609 g/mol. The van der Waals surface area contributed by atoms with Crippen LogP contribution in [0, 0.1) is 0 Å². The largest absolute Gasteiger partial charge is 0.467 e. The molecular formula is C29H40N5O6PS2. The first-order chi connectivity index (χ1) is 20.6. The maximum Gasteiger partial charge on any atom is 0.325 e. The first-order valence-corrected chi connectivity index (χ1v) is 19.2. The Morgan fingerprint density at radius 3 is 2.53 bits per heavy atom. The second-order valence-electron chi connectivity index (χ2n) is 11.2. The van der Waals surface area contributed by atoms with Gasteiger partial charge >= 0.3 is 7.60 Å². The molecule has 2 N–H and O–H groups in total. The number of nitrogens with zero attached hydrogens (tertiary/aromatic N) is 5. The van der Waals surface area contributed by atoms with Crippen LogP contribution in [-0.2, 0) is 21.0 Å². The van der Waals surface area contributed by atoms with Crippen LogP contribution in [0.15, 0.2) is 36.7 Å². The fourth-order valence-corrected chi connectivity index (χ4v) is 8.53. The maximum absolute atomic E-state index is 12.8. The van der Waals surface area contributed by atoms with E-state index in [1.807, 2.05) is 30.6 Å². The van der Waals surface area contributed by atoms with E-state index in [1.54, 1.807) is 0 Å². The molecule has 2 aliphatic heterocycles. The minimum absolute atomic E-state index is 0.00806. The number of hydrogen-bond donors (Lipinski definition) is 2. The van der Waals surface area contributed by atoms with E-state index in [0.29, 0.717) is 44.0 Å². The van der Waals surface area contributed by atoms with Gasteiger partial charge in [0.05, 0.1) is 16.0 Å². The van der Waals surface area contributed by atoms with Crippen molar-refractivity contribution < 1.29 is 27.5 Å². The van der Waals surface area contributed by atoms with E-state index in [1.165, 1.54) is 21.2 Å². The van der Waals surface area contributed by atoms with Gasteiger partial charge in [-0.25, -0.2) is 23.4 Å². The first-order valence-electron chi connectivity index (χ1n) is 14.9. The molecule has 234 valence electrons. The molecule has 3 aromatic rings. The predicted molar refractivity (Wildman–Crippen MR) is 170 cm³/mol. The van der Waals surface area contributed by atoms with Gasteiger partial charge in [-0.05, 0) is 54.5 Å². The second-order valence-corrected chi connectivity index (χ2v) is 16.1. The molecule has 2 aromatic heterocycles. The van der Waals surface area contributed by atoms with Crippen molar-refractivity contribution in [1.29, 1.82) is 0 Å². The van der Waals surface area contributed by atoms with E-state index in [0.717, 1.165) is 66.1 Å². The number of unbranched alkanes of at least 4 members (excludes halogenated alkanes) is 2. The number of aromatic nitrogens is 3. The Kier molecular flexibility index (Phi) is 10.5. The summed E-state index contributed by atoms with van der Waals surface area (Å²) >= 11 is 1.54. The Labute approximate surface area is 257 Å². The van der Waals surface area contributed by atoms with Gasteiger partial charge in [-0.15, -0.1) is 0 Å². The quantitative estimate of drug-likeness (QED) is 0.195. The number of hydrogen-bond acceptors (Lipinski definition) is 9. The zero-order chi connectivity index (χ0) is 30.5. The minimum Gasteiger partial charge on any atom is -0.467 e. The number of sulfonamides is 1. The molecule has 4 heterocycles. The number of ether oxygens (including phenoxy) is 1. The monoisotopic (exact) mass is 649 g/mol. The molecule has 14 heteroatoms. The van der Waals surface area contributed by atoms with Crippen molar-refractivity contribution in [2.75, 3.05) is 43.0 Å². The Balaban J connectivity index is 1.12. The number of piperidine rings is 1. The van der Waals surface area contributed by atoms with Crippen molar-refractivity contribution in [3.8, 4) is 5.19 Å². The Morgan fingerprint density at radius 1 is 1.09 bits per heavy atom. The van der Waals surface area contributed by atoms with Gasteiger partial charge in [-0.2, -0.15) is 4.31 Å². The third-order valence-corrected chi connectivity index (χ3v) is 11.6. The van der Waals surface area contributed by atoms with E-state index in [4.69, 9.17) is 19.5 Å². The standard InChI is InChI=1S/C29H40N5O6PS2/c1-2-6-22-20-30-28(31-21-22)33-13-11-25(12-14-33)40-29-32-26-8-7-24(19-27(26)42-29)23-9-15-34(16-10-23)43(38,39)18-5-3-4-17-41(35,36)37/h7-9,19-21,25H,2-6,10-18H2,1H3,(H2,35,36,37). The molecule has 1 saturated heterocycles. The summed E-state index contributed by atoms with van der Waals surface area (Å²) in [5.74, 6) is 0.769. The average molecular weight is 650 g/mol. The third-order valence-electron chi connectivity index (χ3n) is 7.88. The molecule has 0 bridgehead atoms. The second kappa shape index (κ2) is 14.1. The van der Waals surface area contributed by atoms with Crippen molar-refractivity contribution in [3.63, 3.8) is 0 Å². The van der Waals surface area contributed by atoms with Crippen LogP contribution in [0.25, 0.3) is 15.8 Å². The lowest BCUT2D eigenvalue weighted by atomic mass is 10.0. The zero-order valence-corrected chi connectivity index (χ0v) is 27.0. The molecule has 0 unspecified atom stereocenters. The molecule has 43 heavy (non-hydrogen) atoms. The molecule has 0 amide bonds. The highest BCUT2D eigenvalue weighted by Gasteiger charge is 2.26. The van der Waals surface area contributed by atoms with Crippen LogP contribution in [0.1, 0.15) is 63.0 Å². The van der Waals surface area contributed by atoms with Gasteiger partial charge < -0.3 is 19.4 Å². The summed E-state index contributed by atoms with van der Waals surface area (Å²) in [6.45, 7) is 4.56. The van der Waals surface area contributed by atoms with Crippen LogP contribution < -0.4 is 9.64 Å². The number of aryl methyl sites for hydroxylation is 1. The fourth-order valence-electron chi connectivity index (χ4n) is 5.47.